The first kappa shape index (κ1) is 11.0. The molecule has 0 saturated carbocycles. The third kappa shape index (κ3) is 2.53. The van der Waals surface area contributed by atoms with E-state index >= 15 is 0 Å². The van der Waals surface area contributed by atoms with Crippen LogP contribution >= 0.6 is 0 Å². The van der Waals surface area contributed by atoms with Gasteiger partial charge in [-0.3, -0.25) is 0 Å². The molecule has 0 fully saturated rings. The van der Waals surface area contributed by atoms with E-state index in [1.807, 2.05) is 30.3 Å². The first-order valence-corrected chi connectivity index (χ1v) is 5.60. The lowest BCUT2D eigenvalue weighted by molar-refractivity contribution is 0.00776. The molecule has 0 radical (unpaired) electrons. The van der Waals surface area contributed by atoms with Crippen LogP contribution in [0.2, 0.25) is 0 Å². The highest BCUT2D eigenvalue weighted by Gasteiger charge is 2.25. The van der Waals surface area contributed by atoms with E-state index in [0.29, 0.717) is 0 Å². The van der Waals surface area contributed by atoms with Gasteiger partial charge in [0.2, 0.25) is 0 Å². The van der Waals surface area contributed by atoms with Gasteiger partial charge in [0, 0.05) is 11.1 Å². The van der Waals surface area contributed by atoms with Crippen molar-refractivity contribution in [2.75, 3.05) is 6.61 Å². The normalized spacial score (nSPS) is 18.2. The summed E-state index contributed by atoms with van der Waals surface area (Å²) in [7, 11) is 0. The van der Waals surface area contributed by atoms with E-state index in [1.165, 1.54) is 0 Å². The van der Waals surface area contributed by atoms with Gasteiger partial charge in [0.05, 0.1) is 12.2 Å². The van der Waals surface area contributed by atoms with Crippen LogP contribution < -0.4 is 0 Å². The molecule has 82 valence electrons. The summed E-state index contributed by atoms with van der Waals surface area (Å²) >= 11 is 0. The molecule has 1 aromatic carbocycles. The van der Waals surface area contributed by atoms with Crippen molar-refractivity contribution in [2.45, 2.75) is 25.9 Å². The van der Waals surface area contributed by atoms with Gasteiger partial charge in [-0.2, -0.15) is 0 Å². The Bertz CT molecular complexity index is 443. The zero-order chi connectivity index (χ0) is 11.4. The molecular weight excluding hydrogens is 196 g/mol. The number of benzene rings is 1. The fourth-order valence-corrected chi connectivity index (χ4v) is 1.70. The maximum atomic E-state index is 5.70. The zero-order valence-electron chi connectivity index (χ0n) is 9.79. The van der Waals surface area contributed by atoms with Crippen LogP contribution in [-0.4, -0.2) is 12.2 Å². The Morgan fingerprint density at radius 1 is 1.12 bits per heavy atom. The van der Waals surface area contributed by atoms with Gasteiger partial charge < -0.3 is 4.74 Å². The van der Waals surface area contributed by atoms with Crippen LogP contribution in [0.4, 0.5) is 0 Å². The van der Waals surface area contributed by atoms with Crippen LogP contribution in [0.3, 0.4) is 0 Å². The van der Waals surface area contributed by atoms with Gasteiger partial charge in [-0.05, 0) is 32.4 Å². The van der Waals surface area contributed by atoms with Crippen molar-refractivity contribution >= 4 is 0 Å². The molecule has 0 amide bonds. The maximum Gasteiger partial charge on any atom is 0.0949 e. The minimum Gasteiger partial charge on any atom is -0.370 e. The fourth-order valence-electron chi connectivity index (χ4n) is 1.70. The lowest BCUT2D eigenvalue weighted by atomic mass is 9.95. The quantitative estimate of drug-likeness (QED) is 0.600. The summed E-state index contributed by atoms with van der Waals surface area (Å²) in [5, 5.41) is 0. The Hall–Kier alpha value is -1.52. The summed E-state index contributed by atoms with van der Waals surface area (Å²) in [6.45, 7) is 4.93. The van der Waals surface area contributed by atoms with E-state index in [0.717, 1.165) is 24.2 Å². The summed E-state index contributed by atoms with van der Waals surface area (Å²) in [5.74, 6) is 6.39. The Morgan fingerprint density at radius 3 is 2.56 bits per heavy atom. The van der Waals surface area contributed by atoms with Crippen LogP contribution in [0.15, 0.2) is 42.0 Å². The second kappa shape index (κ2) is 4.55. The second-order valence-electron chi connectivity index (χ2n) is 4.38. The fraction of sp³-hybridized carbons (Fsp3) is 0.333. The average Bonchev–Trinajstić information content (AvgIpc) is 2.28. The largest absolute Gasteiger partial charge is 0.370 e. The van der Waals surface area contributed by atoms with Crippen molar-refractivity contribution in [3.8, 4) is 11.8 Å². The third-order valence-corrected chi connectivity index (χ3v) is 2.69. The maximum absolute atomic E-state index is 5.70. The Labute approximate surface area is 97.1 Å². The number of hydrogen-bond donors (Lipinski definition) is 0. The van der Waals surface area contributed by atoms with Gasteiger partial charge in [0.25, 0.3) is 0 Å². The molecule has 0 bridgehead atoms. The van der Waals surface area contributed by atoms with E-state index in [2.05, 4.69) is 31.8 Å². The Balaban J connectivity index is 2.22. The molecule has 1 nitrogen and oxygen atoms in total. The first-order chi connectivity index (χ1) is 7.68. The predicted molar refractivity (Wildman–Crippen MR) is 66.1 cm³/mol. The zero-order valence-corrected chi connectivity index (χ0v) is 9.79. The topological polar surface area (TPSA) is 9.23 Å². The average molecular weight is 212 g/mol. The molecule has 1 aliphatic heterocycles. The molecular formula is C15H16O. The smallest absolute Gasteiger partial charge is 0.0949 e. The van der Waals surface area contributed by atoms with E-state index in [4.69, 9.17) is 4.74 Å². The lowest BCUT2D eigenvalue weighted by Crippen LogP contribution is -2.30. The lowest BCUT2D eigenvalue weighted by Gasteiger charge is -2.29. The summed E-state index contributed by atoms with van der Waals surface area (Å²) in [4.78, 5) is 0. The van der Waals surface area contributed by atoms with Crippen molar-refractivity contribution < 1.29 is 4.74 Å². The molecule has 0 aromatic heterocycles. The van der Waals surface area contributed by atoms with Crippen molar-refractivity contribution in [2.24, 2.45) is 0 Å². The van der Waals surface area contributed by atoms with Gasteiger partial charge in [-0.25, -0.2) is 0 Å². The number of ether oxygens (including phenoxy) is 1. The molecule has 2 rings (SSSR count). The molecule has 0 N–H and O–H groups in total. The van der Waals surface area contributed by atoms with Crippen molar-refractivity contribution in [3.05, 3.63) is 47.5 Å². The van der Waals surface area contributed by atoms with Crippen LogP contribution in [0.1, 0.15) is 25.8 Å². The van der Waals surface area contributed by atoms with E-state index < -0.39 is 0 Å². The van der Waals surface area contributed by atoms with Crippen LogP contribution in [-0.2, 0) is 4.74 Å². The SMILES string of the molecule is CC1(C)OCCC=C1C#Cc1ccccc1. The van der Waals surface area contributed by atoms with Gasteiger partial charge in [0.15, 0.2) is 0 Å². The summed E-state index contributed by atoms with van der Waals surface area (Å²) in [5.41, 5.74) is 1.90. The van der Waals surface area contributed by atoms with Crippen molar-refractivity contribution in [3.63, 3.8) is 0 Å². The summed E-state index contributed by atoms with van der Waals surface area (Å²) in [6.07, 6.45) is 3.14. The van der Waals surface area contributed by atoms with Crippen LogP contribution in [0.25, 0.3) is 0 Å². The molecule has 1 heterocycles. The number of rotatable bonds is 0. The van der Waals surface area contributed by atoms with E-state index in [-0.39, 0.29) is 5.60 Å². The highest BCUT2D eigenvalue weighted by molar-refractivity contribution is 5.44. The molecule has 0 spiro atoms. The number of hydrogen-bond acceptors (Lipinski definition) is 1. The highest BCUT2D eigenvalue weighted by Crippen LogP contribution is 2.24. The van der Waals surface area contributed by atoms with Crippen LogP contribution in [0, 0.1) is 11.8 Å². The molecule has 0 saturated heterocycles. The second-order valence-corrected chi connectivity index (χ2v) is 4.38. The molecule has 1 aliphatic rings. The van der Waals surface area contributed by atoms with E-state index in [9.17, 15) is 0 Å². The molecule has 16 heavy (non-hydrogen) atoms. The molecule has 0 atom stereocenters. The van der Waals surface area contributed by atoms with E-state index in [1.54, 1.807) is 0 Å². The summed E-state index contributed by atoms with van der Waals surface area (Å²) < 4.78 is 5.70. The minimum absolute atomic E-state index is 0.236. The third-order valence-electron chi connectivity index (χ3n) is 2.69. The first-order valence-electron chi connectivity index (χ1n) is 5.60. The van der Waals surface area contributed by atoms with Gasteiger partial charge in [0.1, 0.15) is 0 Å². The Kier molecular flexibility index (Phi) is 3.12. The molecule has 0 aliphatic carbocycles. The minimum atomic E-state index is -0.236. The van der Waals surface area contributed by atoms with Gasteiger partial charge >= 0.3 is 0 Å². The molecule has 1 aromatic rings. The molecule has 0 unspecified atom stereocenters. The predicted octanol–water partition coefficient (Wildman–Crippen LogP) is 3.16. The van der Waals surface area contributed by atoms with Crippen LogP contribution in [0.5, 0.6) is 0 Å². The highest BCUT2D eigenvalue weighted by atomic mass is 16.5. The molecule has 1 heteroatoms. The van der Waals surface area contributed by atoms with Gasteiger partial charge in [-0.15, -0.1) is 0 Å². The Morgan fingerprint density at radius 2 is 1.88 bits per heavy atom. The summed E-state index contributed by atoms with van der Waals surface area (Å²) in [6, 6.07) is 10.0. The van der Waals surface area contributed by atoms with Crippen molar-refractivity contribution in [1.82, 2.24) is 0 Å². The monoisotopic (exact) mass is 212 g/mol. The van der Waals surface area contributed by atoms with Crippen molar-refractivity contribution in [1.29, 1.82) is 0 Å². The van der Waals surface area contributed by atoms with Gasteiger partial charge in [-0.1, -0.05) is 36.1 Å². The standard InChI is InChI=1S/C15H16O/c1-15(2)14(9-6-12-16-15)11-10-13-7-4-3-5-8-13/h3-5,7-9H,6,12H2,1-2H3.